The van der Waals surface area contributed by atoms with Crippen molar-refractivity contribution in [1.82, 2.24) is 0 Å². The summed E-state index contributed by atoms with van der Waals surface area (Å²) < 4.78 is 46.8. The molecule has 0 saturated heterocycles. The van der Waals surface area contributed by atoms with E-state index in [0.717, 1.165) is 44.2 Å². The van der Waals surface area contributed by atoms with Crippen LogP contribution in [-0.2, 0) is 0 Å². The molecule has 1 fully saturated rings. The summed E-state index contributed by atoms with van der Waals surface area (Å²) >= 11 is 0. The largest absolute Gasteiger partial charge is 0.423 e. The van der Waals surface area contributed by atoms with Gasteiger partial charge in [0.25, 0.3) is 0 Å². The number of ether oxygens (including phenoxy) is 1. The first-order valence-corrected chi connectivity index (χ1v) is 9.44. The van der Waals surface area contributed by atoms with Crippen LogP contribution in [0.1, 0.15) is 67.3 Å². The summed E-state index contributed by atoms with van der Waals surface area (Å²) in [5.41, 5.74) is -0.124. The fourth-order valence-electron chi connectivity index (χ4n) is 3.88. The Labute approximate surface area is 157 Å². The van der Waals surface area contributed by atoms with Gasteiger partial charge in [0.15, 0.2) is 0 Å². The third-order valence-corrected chi connectivity index (χ3v) is 5.31. The molecule has 144 valence electrons. The maximum Gasteiger partial charge on any atom is 0.349 e. The lowest BCUT2D eigenvalue weighted by Gasteiger charge is -2.28. The number of benzene rings is 2. The lowest BCUT2D eigenvalue weighted by atomic mass is 9.77. The summed E-state index contributed by atoms with van der Waals surface area (Å²) in [6.07, 6.45) is 6.30. The highest BCUT2D eigenvalue weighted by Crippen LogP contribution is 2.38. The zero-order valence-corrected chi connectivity index (χ0v) is 15.3. The lowest BCUT2D eigenvalue weighted by molar-refractivity contribution is 0.0724. The van der Waals surface area contributed by atoms with Gasteiger partial charge < -0.3 is 4.74 Å². The molecule has 0 amide bonds. The van der Waals surface area contributed by atoms with E-state index in [1.54, 1.807) is 0 Å². The molecule has 0 bridgehead atoms. The molecule has 0 spiro atoms. The van der Waals surface area contributed by atoms with Gasteiger partial charge in [-0.3, -0.25) is 0 Å². The molecular weight excluding hydrogens is 353 g/mol. The molecule has 1 aliphatic carbocycles. The van der Waals surface area contributed by atoms with E-state index in [1.807, 2.05) is 0 Å². The molecule has 0 aromatic heterocycles. The molecule has 2 nitrogen and oxygen atoms in total. The van der Waals surface area contributed by atoms with Gasteiger partial charge in [-0.05, 0) is 79.5 Å². The van der Waals surface area contributed by atoms with Crippen LogP contribution in [0.15, 0.2) is 36.4 Å². The molecule has 27 heavy (non-hydrogen) atoms. The summed E-state index contributed by atoms with van der Waals surface area (Å²) in [7, 11) is 0. The molecule has 1 saturated carbocycles. The third-order valence-electron chi connectivity index (χ3n) is 5.31. The highest BCUT2D eigenvalue weighted by molar-refractivity contribution is 5.91. The number of esters is 1. The first kappa shape index (κ1) is 19.5. The number of rotatable bonds is 5. The Morgan fingerprint density at radius 1 is 1.00 bits per heavy atom. The molecular formula is C22H23F3O2. The maximum atomic E-state index is 14.5. The molecule has 0 heterocycles. The average molecular weight is 376 g/mol. The van der Waals surface area contributed by atoms with Crippen molar-refractivity contribution in [2.24, 2.45) is 5.92 Å². The molecule has 2 aromatic carbocycles. The molecule has 0 aliphatic heterocycles. The van der Waals surface area contributed by atoms with Crippen molar-refractivity contribution in [3.8, 4) is 5.75 Å². The van der Waals surface area contributed by atoms with E-state index < -0.39 is 29.0 Å². The van der Waals surface area contributed by atoms with Crippen LogP contribution in [0.5, 0.6) is 5.75 Å². The van der Waals surface area contributed by atoms with Gasteiger partial charge >= 0.3 is 5.97 Å². The maximum absolute atomic E-state index is 14.5. The quantitative estimate of drug-likeness (QED) is 0.446. The van der Waals surface area contributed by atoms with Gasteiger partial charge in [-0.25, -0.2) is 18.0 Å². The van der Waals surface area contributed by atoms with Crippen LogP contribution < -0.4 is 4.74 Å². The number of carbonyl (C=O) groups excluding carboxylic acids is 1. The molecule has 0 atom stereocenters. The van der Waals surface area contributed by atoms with Gasteiger partial charge in [-0.15, -0.1) is 0 Å². The van der Waals surface area contributed by atoms with Gasteiger partial charge in [-0.1, -0.05) is 19.8 Å². The Balaban J connectivity index is 1.73. The Hall–Kier alpha value is -2.30. The molecule has 0 N–H and O–H groups in total. The van der Waals surface area contributed by atoms with Crippen LogP contribution in [0.4, 0.5) is 13.2 Å². The van der Waals surface area contributed by atoms with Gasteiger partial charge in [0.05, 0.1) is 0 Å². The van der Waals surface area contributed by atoms with Crippen molar-refractivity contribution < 1.29 is 22.7 Å². The lowest BCUT2D eigenvalue weighted by Crippen LogP contribution is -2.16. The summed E-state index contributed by atoms with van der Waals surface area (Å²) in [4.78, 5) is 12.1. The minimum atomic E-state index is -1.13. The zero-order chi connectivity index (χ0) is 19.4. The Morgan fingerprint density at radius 3 is 2.15 bits per heavy atom. The number of halogens is 3. The predicted molar refractivity (Wildman–Crippen MR) is 97.3 cm³/mol. The van der Waals surface area contributed by atoms with E-state index in [-0.39, 0.29) is 11.7 Å². The first-order valence-electron chi connectivity index (χ1n) is 9.44. The van der Waals surface area contributed by atoms with Gasteiger partial charge in [0, 0.05) is 0 Å². The predicted octanol–water partition coefficient (Wildman–Crippen LogP) is 6.40. The monoisotopic (exact) mass is 376 g/mol. The van der Waals surface area contributed by atoms with Crippen LogP contribution in [0.3, 0.4) is 0 Å². The van der Waals surface area contributed by atoms with Gasteiger partial charge in [0.2, 0.25) is 0 Å². The summed E-state index contributed by atoms with van der Waals surface area (Å²) in [6, 6.07) is 7.16. The SMILES string of the molecule is CCCC1CCC(c2cc(F)c(C(=O)Oc3ccc(F)cc3)c(F)c2)CC1. The third kappa shape index (κ3) is 4.71. The molecule has 0 radical (unpaired) electrons. The standard InChI is InChI=1S/C22H23F3O2/c1-2-3-14-4-6-15(7-5-14)16-12-19(24)21(20(25)13-16)22(26)27-18-10-8-17(23)9-11-18/h8-15H,2-7H2,1H3. The first-order chi connectivity index (χ1) is 13.0. The Bertz CT molecular complexity index is 771. The molecule has 0 unspecified atom stereocenters. The minimum absolute atomic E-state index is 0.0264. The van der Waals surface area contributed by atoms with Crippen LogP contribution in [0, 0.1) is 23.4 Å². The highest BCUT2D eigenvalue weighted by Gasteiger charge is 2.26. The minimum Gasteiger partial charge on any atom is -0.423 e. The van der Waals surface area contributed by atoms with E-state index >= 15 is 0 Å². The van der Waals surface area contributed by atoms with Crippen LogP contribution in [0.2, 0.25) is 0 Å². The number of hydrogen-bond donors (Lipinski definition) is 0. The van der Waals surface area contributed by atoms with Gasteiger partial charge in [-0.2, -0.15) is 0 Å². The van der Waals surface area contributed by atoms with E-state index in [2.05, 4.69) is 6.92 Å². The van der Waals surface area contributed by atoms with Crippen molar-refractivity contribution in [3.63, 3.8) is 0 Å². The van der Waals surface area contributed by atoms with E-state index in [1.165, 1.54) is 30.7 Å². The number of carbonyl (C=O) groups is 1. The summed E-state index contributed by atoms with van der Waals surface area (Å²) in [5.74, 6) is -2.63. The van der Waals surface area contributed by atoms with Crippen molar-refractivity contribution in [1.29, 1.82) is 0 Å². The van der Waals surface area contributed by atoms with Crippen LogP contribution >= 0.6 is 0 Å². The molecule has 1 aliphatic rings. The van der Waals surface area contributed by atoms with E-state index in [9.17, 15) is 18.0 Å². The Morgan fingerprint density at radius 2 is 1.59 bits per heavy atom. The van der Waals surface area contributed by atoms with Crippen molar-refractivity contribution >= 4 is 5.97 Å². The van der Waals surface area contributed by atoms with E-state index in [4.69, 9.17) is 4.74 Å². The summed E-state index contributed by atoms with van der Waals surface area (Å²) in [5, 5.41) is 0. The van der Waals surface area contributed by atoms with Crippen molar-refractivity contribution in [2.75, 3.05) is 0 Å². The second-order valence-corrected chi connectivity index (χ2v) is 7.21. The van der Waals surface area contributed by atoms with Gasteiger partial charge in [0.1, 0.15) is 28.8 Å². The highest BCUT2D eigenvalue weighted by atomic mass is 19.1. The average Bonchev–Trinajstić information content (AvgIpc) is 2.64. The van der Waals surface area contributed by atoms with Crippen LogP contribution in [0.25, 0.3) is 0 Å². The fourth-order valence-corrected chi connectivity index (χ4v) is 3.88. The Kier molecular flexibility index (Phi) is 6.19. The van der Waals surface area contributed by atoms with Crippen LogP contribution in [-0.4, -0.2) is 5.97 Å². The second kappa shape index (κ2) is 8.59. The number of hydrogen-bond acceptors (Lipinski definition) is 2. The molecule has 3 rings (SSSR count). The van der Waals surface area contributed by atoms with E-state index in [0.29, 0.717) is 11.5 Å². The van der Waals surface area contributed by atoms with Crippen molar-refractivity contribution in [3.05, 3.63) is 65.0 Å². The van der Waals surface area contributed by atoms with Crippen molar-refractivity contribution in [2.45, 2.75) is 51.4 Å². The second-order valence-electron chi connectivity index (χ2n) is 7.21. The fraction of sp³-hybridized carbons (Fsp3) is 0.409. The normalized spacial score (nSPS) is 19.7. The zero-order valence-electron chi connectivity index (χ0n) is 15.3. The molecule has 5 heteroatoms. The molecule has 2 aromatic rings. The smallest absolute Gasteiger partial charge is 0.349 e. The summed E-state index contributed by atoms with van der Waals surface area (Å²) in [6.45, 7) is 2.17. The topological polar surface area (TPSA) is 26.3 Å².